The normalized spacial score (nSPS) is 15.2. The van der Waals surface area contributed by atoms with E-state index in [1.807, 2.05) is 29.0 Å². The van der Waals surface area contributed by atoms with Gasteiger partial charge >= 0.3 is 0 Å². The third-order valence-corrected chi connectivity index (χ3v) is 4.42. The summed E-state index contributed by atoms with van der Waals surface area (Å²) < 4.78 is 2.02. The van der Waals surface area contributed by atoms with Crippen molar-refractivity contribution in [1.82, 2.24) is 14.9 Å². The fraction of sp³-hybridized carbons (Fsp3) is 0.412. The maximum absolute atomic E-state index is 12.3. The van der Waals surface area contributed by atoms with E-state index >= 15 is 0 Å². The quantitative estimate of drug-likeness (QED) is 0.849. The fourth-order valence-corrected chi connectivity index (χ4v) is 3.05. The number of nitrogens with one attached hydrogen (secondary N) is 1. The predicted octanol–water partition coefficient (Wildman–Crippen LogP) is 2.66. The van der Waals surface area contributed by atoms with Gasteiger partial charge in [0, 0.05) is 25.5 Å². The molecule has 24 heavy (non-hydrogen) atoms. The van der Waals surface area contributed by atoms with Crippen LogP contribution in [0.1, 0.15) is 36.8 Å². The first-order chi connectivity index (χ1) is 10.7. The largest absolute Gasteiger partial charge is 0.350 e. The second-order valence-corrected chi connectivity index (χ2v) is 6.05. The van der Waals surface area contributed by atoms with E-state index in [0.29, 0.717) is 6.54 Å². The molecule has 3 rings (SSSR count). The van der Waals surface area contributed by atoms with Crippen LogP contribution < -0.4 is 11.1 Å². The molecule has 1 fully saturated rings. The second kappa shape index (κ2) is 9.06. The first-order valence-electron chi connectivity index (χ1n) is 7.77. The third kappa shape index (κ3) is 4.72. The van der Waals surface area contributed by atoms with Gasteiger partial charge in [0.2, 0.25) is 5.91 Å². The molecular weight excluding hydrogens is 347 g/mol. The SMILES string of the molecule is Cl.Cl.NC1(C(=O)NCc2ccccc2Cn2ccnc2)CCCC1. The molecule has 0 unspecified atom stereocenters. The van der Waals surface area contributed by atoms with E-state index in [0.717, 1.165) is 37.8 Å². The lowest BCUT2D eigenvalue weighted by Crippen LogP contribution is -2.51. The Hall–Kier alpha value is -1.56. The van der Waals surface area contributed by atoms with Gasteiger partial charge in [-0.05, 0) is 24.0 Å². The Kier molecular flexibility index (Phi) is 7.73. The fourth-order valence-electron chi connectivity index (χ4n) is 3.05. The Balaban J connectivity index is 0.00000144. The van der Waals surface area contributed by atoms with Gasteiger partial charge in [-0.25, -0.2) is 4.98 Å². The maximum Gasteiger partial charge on any atom is 0.240 e. The first-order valence-corrected chi connectivity index (χ1v) is 7.77. The molecule has 0 atom stereocenters. The topological polar surface area (TPSA) is 72.9 Å². The molecule has 2 aromatic rings. The molecule has 1 aromatic carbocycles. The predicted molar refractivity (Wildman–Crippen MR) is 99.5 cm³/mol. The van der Waals surface area contributed by atoms with Gasteiger partial charge < -0.3 is 15.6 Å². The van der Waals surface area contributed by atoms with Crippen LogP contribution >= 0.6 is 24.8 Å². The van der Waals surface area contributed by atoms with Crippen LogP contribution in [0.5, 0.6) is 0 Å². The number of hydrogen-bond donors (Lipinski definition) is 2. The summed E-state index contributed by atoms with van der Waals surface area (Å²) in [5, 5.41) is 3.01. The van der Waals surface area contributed by atoms with E-state index in [9.17, 15) is 4.79 Å². The van der Waals surface area contributed by atoms with Crippen molar-refractivity contribution >= 4 is 30.7 Å². The zero-order valence-electron chi connectivity index (χ0n) is 13.5. The van der Waals surface area contributed by atoms with Crippen molar-refractivity contribution < 1.29 is 4.79 Å². The minimum absolute atomic E-state index is 0. The maximum atomic E-state index is 12.3. The number of imidazole rings is 1. The second-order valence-electron chi connectivity index (χ2n) is 6.05. The summed E-state index contributed by atoms with van der Waals surface area (Å²) in [5.41, 5.74) is 7.82. The molecular formula is C17H24Cl2N4O. The van der Waals surface area contributed by atoms with Crippen molar-refractivity contribution in [3.8, 4) is 0 Å². The molecule has 1 aliphatic rings. The van der Waals surface area contributed by atoms with Gasteiger partial charge in [0.1, 0.15) is 0 Å². The Labute approximate surface area is 154 Å². The van der Waals surface area contributed by atoms with Crippen LogP contribution in [-0.4, -0.2) is 21.0 Å². The number of nitrogens with two attached hydrogens (primary N) is 1. The molecule has 1 aliphatic carbocycles. The summed E-state index contributed by atoms with van der Waals surface area (Å²) in [7, 11) is 0. The Bertz CT molecular complexity index is 640. The lowest BCUT2D eigenvalue weighted by Gasteiger charge is -2.22. The van der Waals surface area contributed by atoms with Gasteiger partial charge in [-0.2, -0.15) is 0 Å². The molecule has 5 nitrogen and oxygen atoms in total. The van der Waals surface area contributed by atoms with Crippen molar-refractivity contribution in [1.29, 1.82) is 0 Å². The number of rotatable bonds is 5. The van der Waals surface area contributed by atoms with Gasteiger partial charge in [0.15, 0.2) is 0 Å². The Morgan fingerprint density at radius 1 is 1.21 bits per heavy atom. The molecule has 1 heterocycles. The van der Waals surface area contributed by atoms with Crippen LogP contribution in [0.25, 0.3) is 0 Å². The zero-order chi connectivity index (χ0) is 15.4. The van der Waals surface area contributed by atoms with Crippen LogP contribution in [0.3, 0.4) is 0 Å². The van der Waals surface area contributed by atoms with E-state index in [1.165, 1.54) is 5.56 Å². The number of carbonyl (C=O) groups excluding carboxylic acids is 1. The van der Waals surface area contributed by atoms with Gasteiger partial charge in [0.05, 0.1) is 11.9 Å². The molecule has 0 saturated heterocycles. The smallest absolute Gasteiger partial charge is 0.240 e. The summed E-state index contributed by atoms with van der Waals surface area (Å²) >= 11 is 0. The van der Waals surface area contributed by atoms with Crippen LogP contribution in [-0.2, 0) is 17.9 Å². The lowest BCUT2D eigenvalue weighted by atomic mass is 9.98. The van der Waals surface area contributed by atoms with Crippen LogP contribution in [0, 0.1) is 0 Å². The molecule has 0 bridgehead atoms. The third-order valence-electron chi connectivity index (χ3n) is 4.42. The van der Waals surface area contributed by atoms with Gasteiger partial charge in [-0.1, -0.05) is 37.1 Å². The first kappa shape index (κ1) is 20.5. The number of aromatic nitrogens is 2. The minimum Gasteiger partial charge on any atom is -0.350 e. The molecule has 132 valence electrons. The molecule has 7 heteroatoms. The van der Waals surface area contributed by atoms with Crippen molar-refractivity contribution in [3.05, 3.63) is 54.1 Å². The van der Waals surface area contributed by atoms with Crippen LogP contribution in [0.4, 0.5) is 0 Å². The minimum atomic E-state index is -0.667. The summed E-state index contributed by atoms with van der Waals surface area (Å²) in [6.07, 6.45) is 9.15. The van der Waals surface area contributed by atoms with E-state index in [1.54, 1.807) is 12.5 Å². The standard InChI is InChI=1S/C17H22N4O.2ClH/c18-17(7-3-4-8-17)16(22)20-11-14-5-1-2-6-15(14)12-21-10-9-19-13-21;;/h1-2,5-6,9-10,13H,3-4,7-8,11-12,18H2,(H,20,22);2*1H. The number of carbonyl (C=O) groups is 1. The molecule has 1 aromatic heterocycles. The average Bonchev–Trinajstić information content (AvgIpc) is 3.18. The summed E-state index contributed by atoms with van der Waals surface area (Å²) in [6, 6.07) is 8.13. The van der Waals surface area contributed by atoms with Crippen LogP contribution in [0.2, 0.25) is 0 Å². The molecule has 1 saturated carbocycles. The number of nitrogens with zero attached hydrogens (tertiary/aromatic N) is 2. The van der Waals surface area contributed by atoms with Crippen molar-refractivity contribution in [3.63, 3.8) is 0 Å². The number of hydrogen-bond acceptors (Lipinski definition) is 3. The number of amides is 1. The van der Waals surface area contributed by atoms with Crippen molar-refractivity contribution in [2.24, 2.45) is 5.73 Å². The molecule has 1 amide bonds. The highest BCUT2D eigenvalue weighted by Crippen LogP contribution is 2.27. The average molecular weight is 371 g/mol. The Morgan fingerprint density at radius 2 is 1.88 bits per heavy atom. The molecule has 0 aliphatic heterocycles. The Morgan fingerprint density at radius 3 is 2.50 bits per heavy atom. The van der Waals surface area contributed by atoms with Gasteiger partial charge in [-0.3, -0.25) is 4.79 Å². The van der Waals surface area contributed by atoms with Crippen molar-refractivity contribution in [2.45, 2.75) is 44.3 Å². The molecule has 3 N–H and O–H groups in total. The van der Waals surface area contributed by atoms with E-state index in [-0.39, 0.29) is 30.7 Å². The van der Waals surface area contributed by atoms with Crippen molar-refractivity contribution in [2.75, 3.05) is 0 Å². The molecule has 0 spiro atoms. The van der Waals surface area contributed by atoms with E-state index in [4.69, 9.17) is 5.73 Å². The van der Waals surface area contributed by atoms with Gasteiger partial charge in [-0.15, -0.1) is 24.8 Å². The van der Waals surface area contributed by atoms with Gasteiger partial charge in [0.25, 0.3) is 0 Å². The summed E-state index contributed by atoms with van der Waals surface area (Å²) in [4.78, 5) is 16.4. The highest BCUT2D eigenvalue weighted by molar-refractivity contribution is 5.86. The lowest BCUT2D eigenvalue weighted by molar-refractivity contribution is -0.126. The molecule has 0 radical (unpaired) electrons. The number of benzene rings is 1. The highest BCUT2D eigenvalue weighted by atomic mass is 35.5. The monoisotopic (exact) mass is 370 g/mol. The van der Waals surface area contributed by atoms with Crippen LogP contribution in [0.15, 0.2) is 43.0 Å². The summed E-state index contributed by atoms with van der Waals surface area (Å²) in [6.45, 7) is 1.27. The summed E-state index contributed by atoms with van der Waals surface area (Å²) in [5.74, 6) is -0.0255. The number of halogens is 2. The highest BCUT2D eigenvalue weighted by Gasteiger charge is 2.36. The van der Waals surface area contributed by atoms with E-state index in [2.05, 4.69) is 16.4 Å². The zero-order valence-corrected chi connectivity index (χ0v) is 15.1. The van der Waals surface area contributed by atoms with E-state index < -0.39 is 5.54 Å².